The first-order valence-electron chi connectivity index (χ1n) is 5.71. The van der Waals surface area contributed by atoms with Crippen molar-refractivity contribution in [2.45, 2.75) is 0 Å². The Bertz CT molecular complexity index is 666. The maximum absolute atomic E-state index is 9.10. The monoisotopic (exact) mass is 369 g/mol. The molecule has 5 heteroatoms. The lowest BCUT2D eigenvalue weighted by Crippen LogP contribution is -1.96. The van der Waals surface area contributed by atoms with Gasteiger partial charge in [0.1, 0.15) is 5.71 Å². The first kappa shape index (κ1) is 15.1. The number of halogens is 3. The third-order valence-corrected chi connectivity index (χ3v) is 3.89. The Kier molecular flexibility index (Phi) is 5.24. The van der Waals surface area contributed by atoms with Crippen LogP contribution in [-0.4, -0.2) is 10.9 Å². The van der Waals surface area contributed by atoms with Gasteiger partial charge in [-0.05, 0) is 35.9 Å². The summed E-state index contributed by atoms with van der Waals surface area (Å²) in [6, 6.07) is 12.8. The van der Waals surface area contributed by atoms with Crippen molar-refractivity contribution < 1.29 is 5.21 Å². The third-order valence-electron chi connectivity index (χ3n) is 2.63. The van der Waals surface area contributed by atoms with E-state index in [1.54, 1.807) is 24.3 Å². The van der Waals surface area contributed by atoms with Gasteiger partial charge in [0.15, 0.2) is 0 Å². The molecule has 0 aromatic heterocycles. The molecule has 0 fully saturated rings. The second-order valence-electron chi connectivity index (χ2n) is 4.00. The average molecular weight is 371 g/mol. The summed E-state index contributed by atoms with van der Waals surface area (Å²) >= 11 is 15.2. The van der Waals surface area contributed by atoms with E-state index in [1.165, 1.54) is 0 Å². The van der Waals surface area contributed by atoms with Crippen molar-refractivity contribution in [2.75, 3.05) is 0 Å². The van der Waals surface area contributed by atoms with Crippen LogP contribution in [0, 0.1) is 0 Å². The van der Waals surface area contributed by atoms with Gasteiger partial charge in [-0.3, -0.25) is 0 Å². The molecule has 0 amide bonds. The predicted octanol–water partition coefficient (Wildman–Crippen LogP) is 5.65. The normalized spacial score (nSPS) is 12.1. The molecule has 102 valence electrons. The number of oxime groups is 1. The second kappa shape index (κ2) is 6.93. The molecule has 0 aliphatic rings. The van der Waals surface area contributed by atoms with Crippen molar-refractivity contribution in [3.05, 3.63) is 74.2 Å². The predicted molar refractivity (Wildman–Crippen MR) is 88.0 cm³/mol. The minimum absolute atomic E-state index is 0.462. The lowest BCUT2D eigenvalue weighted by atomic mass is 10.1. The summed E-state index contributed by atoms with van der Waals surface area (Å²) in [5.41, 5.74) is 2.15. The zero-order chi connectivity index (χ0) is 14.5. The highest BCUT2D eigenvalue weighted by Gasteiger charge is 2.01. The van der Waals surface area contributed by atoms with Crippen LogP contribution in [0.5, 0.6) is 0 Å². The number of nitrogens with zero attached hydrogens (tertiary/aromatic N) is 1. The summed E-state index contributed by atoms with van der Waals surface area (Å²) in [4.78, 5) is 0. The molecule has 0 saturated heterocycles. The molecule has 0 spiro atoms. The average Bonchev–Trinajstić information content (AvgIpc) is 2.45. The minimum atomic E-state index is 0.462. The van der Waals surface area contributed by atoms with E-state index in [1.807, 2.05) is 30.3 Å². The number of allylic oxidation sites excluding steroid dienone is 1. The number of benzene rings is 2. The van der Waals surface area contributed by atoms with Gasteiger partial charge in [0, 0.05) is 10.0 Å². The van der Waals surface area contributed by atoms with E-state index in [2.05, 4.69) is 21.1 Å². The van der Waals surface area contributed by atoms with Crippen molar-refractivity contribution in [3.63, 3.8) is 0 Å². The minimum Gasteiger partial charge on any atom is -0.410 e. The largest absolute Gasteiger partial charge is 0.410 e. The fourth-order valence-corrected chi connectivity index (χ4v) is 2.17. The van der Waals surface area contributed by atoms with E-state index in [0.29, 0.717) is 15.8 Å². The van der Waals surface area contributed by atoms with Gasteiger partial charge in [-0.1, -0.05) is 68.6 Å². The molecule has 2 rings (SSSR count). The van der Waals surface area contributed by atoms with Crippen LogP contribution in [0.15, 0.2) is 58.2 Å². The van der Waals surface area contributed by atoms with Crippen LogP contribution in [0.25, 0.3) is 6.08 Å². The molecule has 2 nitrogen and oxygen atoms in total. The summed E-state index contributed by atoms with van der Waals surface area (Å²) in [6.07, 6.45) is 3.52. The van der Waals surface area contributed by atoms with Gasteiger partial charge in [0.2, 0.25) is 0 Å². The number of rotatable bonds is 3. The fraction of sp³-hybridized carbons (Fsp3) is 0. The van der Waals surface area contributed by atoms with E-state index in [0.717, 1.165) is 15.6 Å². The van der Waals surface area contributed by atoms with Crippen LogP contribution in [0.1, 0.15) is 11.1 Å². The SMILES string of the molecule is O/N=C(\C=C\c1ccc(Cl)c(Cl)c1)c1ccc(Br)cc1. The molecular weight excluding hydrogens is 361 g/mol. The molecule has 0 radical (unpaired) electrons. The zero-order valence-electron chi connectivity index (χ0n) is 10.2. The summed E-state index contributed by atoms with van der Waals surface area (Å²) in [5, 5.41) is 13.4. The molecule has 2 aromatic carbocycles. The fourth-order valence-electron chi connectivity index (χ4n) is 1.60. The summed E-state index contributed by atoms with van der Waals surface area (Å²) in [5.74, 6) is 0. The van der Waals surface area contributed by atoms with Crippen molar-refractivity contribution in [2.24, 2.45) is 5.16 Å². The van der Waals surface area contributed by atoms with Crippen molar-refractivity contribution in [3.8, 4) is 0 Å². The van der Waals surface area contributed by atoms with Crippen molar-refractivity contribution in [1.82, 2.24) is 0 Å². The Morgan fingerprint density at radius 3 is 2.35 bits per heavy atom. The molecule has 0 saturated carbocycles. The molecule has 0 atom stereocenters. The third kappa shape index (κ3) is 3.85. The highest BCUT2D eigenvalue weighted by molar-refractivity contribution is 9.10. The molecule has 0 bridgehead atoms. The number of hydrogen-bond acceptors (Lipinski definition) is 2. The topological polar surface area (TPSA) is 32.6 Å². The van der Waals surface area contributed by atoms with Crippen LogP contribution in [0.2, 0.25) is 10.0 Å². The molecule has 0 heterocycles. The standard InChI is InChI=1S/C15H10BrCl2NO/c16-12-5-3-11(4-6-12)15(19-20)8-2-10-1-7-13(17)14(18)9-10/h1-9,20H/b8-2+,19-15+. The molecule has 0 unspecified atom stereocenters. The van der Waals surface area contributed by atoms with Gasteiger partial charge in [0.05, 0.1) is 10.0 Å². The molecule has 1 N–H and O–H groups in total. The molecular formula is C15H10BrCl2NO. The van der Waals surface area contributed by atoms with Crippen LogP contribution < -0.4 is 0 Å². The molecule has 0 aliphatic heterocycles. The Balaban J connectivity index is 2.24. The summed E-state index contributed by atoms with van der Waals surface area (Å²) in [6.45, 7) is 0. The van der Waals surface area contributed by atoms with E-state index < -0.39 is 0 Å². The quantitative estimate of drug-likeness (QED) is 0.422. The van der Waals surface area contributed by atoms with Gasteiger partial charge in [-0.15, -0.1) is 0 Å². The smallest absolute Gasteiger partial charge is 0.109 e. The molecule has 2 aromatic rings. The van der Waals surface area contributed by atoms with Crippen molar-refractivity contribution in [1.29, 1.82) is 0 Å². The highest BCUT2D eigenvalue weighted by Crippen LogP contribution is 2.23. The van der Waals surface area contributed by atoms with Crippen LogP contribution >= 0.6 is 39.1 Å². The molecule has 0 aliphatic carbocycles. The van der Waals surface area contributed by atoms with Crippen LogP contribution in [-0.2, 0) is 0 Å². The Morgan fingerprint density at radius 2 is 1.75 bits per heavy atom. The van der Waals surface area contributed by atoms with Gasteiger partial charge in [-0.25, -0.2) is 0 Å². The lowest BCUT2D eigenvalue weighted by molar-refractivity contribution is 0.320. The van der Waals surface area contributed by atoms with Crippen LogP contribution in [0.4, 0.5) is 0 Å². The Hall–Kier alpha value is -1.29. The summed E-state index contributed by atoms with van der Waals surface area (Å²) < 4.78 is 0.965. The second-order valence-corrected chi connectivity index (χ2v) is 5.73. The summed E-state index contributed by atoms with van der Waals surface area (Å²) in [7, 11) is 0. The van der Waals surface area contributed by atoms with Gasteiger partial charge < -0.3 is 5.21 Å². The maximum Gasteiger partial charge on any atom is 0.109 e. The Morgan fingerprint density at radius 1 is 1.05 bits per heavy atom. The maximum atomic E-state index is 9.10. The van der Waals surface area contributed by atoms with E-state index in [9.17, 15) is 0 Å². The first-order chi connectivity index (χ1) is 9.60. The van der Waals surface area contributed by atoms with Crippen molar-refractivity contribution >= 4 is 50.9 Å². The Labute approximate surface area is 135 Å². The van der Waals surface area contributed by atoms with Gasteiger partial charge in [-0.2, -0.15) is 0 Å². The van der Waals surface area contributed by atoms with E-state index in [4.69, 9.17) is 28.4 Å². The van der Waals surface area contributed by atoms with E-state index in [-0.39, 0.29) is 0 Å². The molecule has 20 heavy (non-hydrogen) atoms. The zero-order valence-corrected chi connectivity index (χ0v) is 13.3. The van der Waals surface area contributed by atoms with E-state index >= 15 is 0 Å². The van der Waals surface area contributed by atoms with Gasteiger partial charge >= 0.3 is 0 Å². The highest BCUT2D eigenvalue weighted by atomic mass is 79.9. The number of hydrogen-bond donors (Lipinski definition) is 1. The lowest BCUT2D eigenvalue weighted by Gasteiger charge is -2.01. The first-order valence-corrected chi connectivity index (χ1v) is 7.26. The van der Waals surface area contributed by atoms with Gasteiger partial charge in [0.25, 0.3) is 0 Å². The van der Waals surface area contributed by atoms with Crippen LogP contribution in [0.3, 0.4) is 0 Å².